The Kier molecular flexibility index (Phi) is 4.45. The molecule has 2 rings (SSSR count). The Hall–Kier alpha value is -0.770. The molecular formula is C12H17ClN2O. The summed E-state index contributed by atoms with van der Waals surface area (Å²) < 4.78 is 5.58. The monoisotopic (exact) mass is 240 g/mol. The number of ether oxygens (including phenoxy) is 1. The molecular weight excluding hydrogens is 224 g/mol. The molecule has 88 valence electrons. The molecule has 0 aromatic heterocycles. The number of benzene rings is 1. The second-order valence-electron chi connectivity index (χ2n) is 3.92. The van der Waals surface area contributed by atoms with Crippen LogP contribution in [0.1, 0.15) is 6.42 Å². The Balaban J connectivity index is 1.66. The summed E-state index contributed by atoms with van der Waals surface area (Å²) in [6.07, 6.45) is 1.20. The summed E-state index contributed by atoms with van der Waals surface area (Å²) in [4.78, 5) is 0. The first-order chi connectivity index (χ1) is 7.86. The smallest absolute Gasteiger partial charge is 0.137 e. The average Bonchev–Trinajstić information content (AvgIpc) is 2.79. The fraction of sp³-hybridized carbons (Fsp3) is 0.500. The Morgan fingerprint density at radius 2 is 2.31 bits per heavy atom. The Bertz CT molecular complexity index is 327. The normalized spacial score (nSPS) is 19.9. The molecule has 0 radical (unpaired) electrons. The third-order valence-corrected chi connectivity index (χ3v) is 3.00. The van der Waals surface area contributed by atoms with Gasteiger partial charge in [-0.05, 0) is 25.1 Å². The van der Waals surface area contributed by atoms with Crippen LogP contribution in [-0.4, -0.2) is 32.3 Å². The van der Waals surface area contributed by atoms with E-state index in [-0.39, 0.29) is 0 Å². The first-order valence-corrected chi connectivity index (χ1v) is 6.05. The molecule has 1 fully saturated rings. The predicted molar refractivity (Wildman–Crippen MR) is 66.2 cm³/mol. The van der Waals surface area contributed by atoms with Crippen molar-refractivity contribution in [2.24, 2.45) is 0 Å². The minimum absolute atomic E-state index is 0.592. The summed E-state index contributed by atoms with van der Waals surface area (Å²) in [5, 5.41) is 7.43. The van der Waals surface area contributed by atoms with Crippen molar-refractivity contribution >= 4 is 11.6 Å². The van der Waals surface area contributed by atoms with Gasteiger partial charge in [0.05, 0.1) is 5.02 Å². The van der Waals surface area contributed by atoms with Gasteiger partial charge in [-0.25, -0.2) is 0 Å². The molecule has 0 amide bonds. The van der Waals surface area contributed by atoms with Gasteiger partial charge in [0.2, 0.25) is 0 Å². The van der Waals surface area contributed by atoms with Crippen molar-refractivity contribution in [3.05, 3.63) is 29.3 Å². The van der Waals surface area contributed by atoms with Crippen LogP contribution >= 0.6 is 11.6 Å². The van der Waals surface area contributed by atoms with E-state index in [9.17, 15) is 0 Å². The fourth-order valence-corrected chi connectivity index (χ4v) is 2.00. The largest absolute Gasteiger partial charge is 0.491 e. The van der Waals surface area contributed by atoms with Gasteiger partial charge in [-0.3, -0.25) is 0 Å². The summed E-state index contributed by atoms with van der Waals surface area (Å²) >= 11 is 5.97. The second-order valence-corrected chi connectivity index (χ2v) is 4.33. The zero-order valence-electron chi connectivity index (χ0n) is 9.21. The van der Waals surface area contributed by atoms with E-state index in [0.29, 0.717) is 17.7 Å². The van der Waals surface area contributed by atoms with Gasteiger partial charge in [0.25, 0.3) is 0 Å². The van der Waals surface area contributed by atoms with Crippen molar-refractivity contribution in [1.82, 2.24) is 10.6 Å². The molecule has 1 heterocycles. The second kappa shape index (κ2) is 6.09. The van der Waals surface area contributed by atoms with Crippen LogP contribution in [0.3, 0.4) is 0 Å². The summed E-state index contributed by atoms with van der Waals surface area (Å²) in [6.45, 7) is 3.69. The van der Waals surface area contributed by atoms with Gasteiger partial charge in [-0.2, -0.15) is 0 Å². The van der Waals surface area contributed by atoms with E-state index in [4.69, 9.17) is 16.3 Å². The van der Waals surface area contributed by atoms with Crippen LogP contribution in [0.15, 0.2) is 24.3 Å². The third kappa shape index (κ3) is 3.37. The summed E-state index contributed by atoms with van der Waals surface area (Å²) in [6, 6.07) is 8.15. The van der Waals surface area contributed by atoms with Crippen molar-refractivity contribution in [1.29, 1.82) is 0 Å². The van der Waals surface area contributed by atoms with E-state index in [1.807, 2.05) is 24.3 Å². The number of rotatable bonds is 5. The number of hydrogen-bond acceptors (Lipinski definition) is 3. The van der Waals surface area contributed by atoms with Gasteiger partial charge >= 0.3 is 0 Å². The van der Waals surface area contributed by atoms with Crippen LogP contribution < -0.4 is 15.4 Å². The van der Waals surface area contributed by atoms with Gasteiger partial charge < -0.3 is 15.4 Å². The molecule has 1 atom stereocenters. The first-order valence-electron chi connectivity index (χ1n) is 5.67. The number of hydrogen-bond donors (Lipinski definition) is 2. The number of halogens is 1. The molecule has 0 saturated carbocycles. The maximum absolute atomic E-state index is 5.97. The summed E-state index contributed by atoms with van der Waals surface area (Å²) in [5.41, 5.74) is 0. The van der Waals surface area contributed by atoms with Crippen LogP contribution in [0, 0.1) is 0 Å². The van der Waals surface area contributed by atoms with Crippen molar-refractivity contribution in [3.63, 3.8) is 0 Å². The van der Waals surface area contributed by atoms with Gasteiger partial charge in [0.15, 0.2) is 0 Å². The maximum atomic E-state index is 5.97. The number of para-hydroxylation sites is 1. The molecule has 1 saturated heterocycles. The minimum Gasteiger partial charge on any atom is -0.491 e. The quantitative estimate of drug-likeness (QED) is 0.769. The standard InChI is InChI=1S/C12H17ClN2O/c13-11-3-1-2-4-12(11)16-8-7-15-10-5-6-14-9-10/h1-4,10,14-15H,5-9H2. The van der Waals surface area contributed by atoms with E-state index in [1.54, 1.807) is 0 Å². The van der Waals surface area contributed by atoms with Crippen LogP contribution in [-0.2, 0) is 0 Å². The van der Waals surface area contributed by atoms with Crippen molar-refractivity contribution in [2.75, 3.05) is 26.2 Å². The van der Waals surface area contributed by atoms with Crippen molar-refractivity contribution in [2.45, 2.75) is 12.5 Å². The molecule has 16 heavy (non-hydrogen) atoms. The number of nitrogens with one attached hydrogen (secondary N) is 2. The first kappa shape index (κ1) is 11.7. The minimum atomic E-state index is 0.592. The SMILES string of the molecule is Clc1ccccc1OCCNC1CCNC1. The zero-order chi connectivity index (χ0) is 11.2. The Morgan fingerprint density at radius 3 is 3.06 bits per heavy atom. The lowest BCUT2D eigenvalue weighted by molar-refractivity contribution is 0.307. The molecule has 0 bridgehead atoms. The van der Waals surface area contributed by atoms with Crippen LogP contribution in [0.5, 0.6) is 5.75 Å². The lowest BCUT2D eigenvalue weighted by Crippen LogP contribution is -2.34. The lowest BCUT2D eigenvalue weighted by atomic mass is 10.3. The van der Waals surface area contributed by atoms with Crippen LogP contribution in [0.4, 0.5) is 0 Å². The lowest BCUT2D eigenvalue weighted by Gasteiger charge is -2.12. The van der Waals surface area contributed by atoms with E-state index < -0.39 is 0 Å². The molecule has 1 aliphatic rings. The molecule has 1 aromatic rings. The van der Waals surface area contributed by atoms with E-state index in [2.05, 4.69) is 10.6 Å². The fourth-order valence-electron chi connectivity index (χ4n) is 1.81. The molecule has 1 aromatic carbocycles. The third-order valence-electron chi connectivity index (χ3n) is 2.69. The van der Waals surface area contributed by atoms with E-state index in [0.717, 1.165) is 25.4 Å². The van der Waals surface area contributed by atoms with Gasteiger partial charge in [-0.15, -0.1) is 0 Å². The summed E-state index contributed by atoms with van der Waals surface area (Å²) in [5.74, 6) is 0.760. The van der Waals surface area contributed by atoms with E-state index in [1.165, 1.54) is 6.42 Å². The highest BCUT2D eigenvalue weighted by Crippen LogP contribution is 2.22. The van der Waals surface area contributed by atoms with Gasteiger partial charge in [0, 0.05) is 19.1 Å². The molecule has 2 N–H and O–H groups in total. The Labute approximate surface area is 101 Å². The average molecular weight is 241 g/mol. The maximum Gasteiger partial charge on any atom is 0.137 e. The summed E-state index contributed by atoms with van der Waals surface area (Å²) in [7, 11) is 0. The van der Waals surface area contributed by atoms with Gasteiger partial charge in [0.1, 0.15) is 12.4 Å². The topological polar surface area (TPSA) is 33.3 Å². The molecule has 4 heteroatoms. The molecule has 1 unspecified atom stereocenters. The molecule has 0 aliphatic carbocycles. The zero-order valence-corrected chi connectivity index (χ0v) is 9.96. The van der Waals surface area contributed by atoms with Crippen LogP contribution in [0.2, 0.25) is 5.02 Å². The highest BCUT2D eigenvalue weighted by molar-refractivity contribution is 6.32. The molecule has 1 aliphatic heterocycles. The van der Waals surface area contributed by atoms with E-state index >= 15 is 0 Å². The Morgan fingerprint density at radius 1 is 1.44 bits per heavy atom. The van der Waals surface area contributed by atoms with Crippen LogP contribution in [0.25, 0.3) is 0 Å². The van der Waals surface area contributed by atoms with Crippen molar-refractivity contribution in [3.8, 4) is 5.75 Å². The predicted octanol–water partition coefficient (Wildman–Crippen LogP) is 1.67. The molecule has 3 nitrogen and oxygen atoms in total. The highest BCUT2D eigenvalue weighted by Gasteiger charge is 2.12. The van der Waals surface area contributed by atoms with Gasteiger partial charge in [-0.1, -0.05) is 23.7 Å². The highest BCUT2D eigenvalue weighted by atomic mass is 35.5. The van der Waals surface area contributed by atoms with Crippen molar-refractivity contribution < 1.29 is 4.74 Å². The molecule has 0 spiro atoms.